The number of hydrogen-bond donors (Lipinski definition) is 3. The second-order valence-electron chi connectivity index (χ2n) is 4.33. The van der Waals surface area contributed by atoms with Gasteiger partial charge in [0.2, 0.25) is 0 Å². The van der Waals surface area contributed by atoms with Crippen molar-refractivity contribution in [2.24, 2.45) is 0 Å². The van der Waals surface area contributed by atoms with E-state index in [4.69, 9.17) is 0 Å². The van der Waals surface area contributed by atoms with Gasteiger partial charge in [-0.15, -0.1) is 0 Å². The number of carbonyl (C=O) groups is 2. The number of pyridine rings is 1. The second-order valence-corrected chi connectivity index (χ2v) is 4.33. The van der Waals surface area contributed by atoms with E-state index in [-0.39, 0.29) is 6.03 Å². The summed E-state index contributed by atoms with van der Waals surface area (Å²) in [6, 6.07) is 11.9. The van der Waals surface area contributed by atoms with Gasteiger partial charge < -0.3 is 15.4 Å². The average molecular weight is 300 g/mol. The van der Waals surface area contributed by atoms with E-state index in [1.165, 1.54) is 7.11 Å². The molecular weight excluding hydrogens is 284 g/mol. The minimum atomic E-state index is -0.572. The zero-order chi connectivity index (χ0) is 15.8. The third-order valence-electron chi connectivity index (χ3n) is 2.71. The predicted octanol–water partition coefficient (Wildman–Crippen LogP) is 2.58. The molecule has 1 aromatic carbocycles. The molecule has 0 saturated carbocycles. The van der Waals surface area contributed by atoms with E-state index < -0.39 is 6.09 Å². The highest BCUT2D eigenvalue weighted by molar-refractivity contribution is 5.91. The Morgan fingerprint density at radius 2 is 1.86 bits per heavy atom. The number of aromatic nitrogens is 1. The molecule has 0 aliphatic carbocycles. The average Bonchev–Trinajstić information content (AvgIpc) is 2.54. The number of urea groups is 1. The Morgan fingerprint density at radius 1 is 1.09 bits per heavy atom. The number of rotatable bonds is 4. The molecule has 22 heavy (non-hydrogen) atoms. The molecule has 1 aromatic heterocycles. The number of methoxy groups -OCH3 is 1. The van der Waals surface area contributed by atoms with Crippen LogP contribution in [-0.4, -0.2) is 24.2 Å². The molecule has 7 nitrogen and oxygen atoms in total. The van der Waals surface area contributed by atoms with Gasteiger partial charge in [-0.25, -0.2) is 9.59 Å². The van der Waals surface area contributed by atoms with Crippen molar-refractivity contribution >= 4 is 23.5 Å². The summed E-state index contributed by atoms with van der Waals surface area (Å²) in [5.41, 5.74) is 1.83. The summed E-state index contributed by atoms with van der Waals surface area (Å²) < 4.78 is 4.51. The van der Waals surface area contributed by atoms with Crippen LogP contribution in [0.2, 0.25) is 0 Å². The topological polar surface area (TPSA) is 92.4 Å². The maximum atomic E-state index is 11.8. The van der Waals surface area contributed by atoms with Gasteiger partial charge in [0.05, 0.1) is 19.3 Å². The summed E-state index contributed by atoms with van der Waals surface area (Å²) in [5, 5.41) is 7.89. The monoisotopic (exact) mass is 300 g/mol. The van der Waals surface area contributed by atoms with Gasteiger partial charge in [0.15, 0.2) is 0 Å². The molecule has 114 valence electrons. The van der Waals surface area contributed by atoms with E-state index in [9.17, 15) is 9.59 Å². The normalized spacial score (nSPS) is 9.68. The summed E-state index contributed by atoms with van der Waals surface area (Å²) in [6.45, 7) is 0.326. The lowest BCUT2D eigenvalue weighted by Gasteiger charge is -2.09. The predicted molar refractivity (Wildman–Crippen MR) is 82.6 cm³/mol. The van der Waals surface area contributed by atoms with E-state index in [1.807, 2.05) is 18.2 Å². The second kappa shape index (κ2) is 7.63. The van der Waals surface area contributed by atoms with Crippen molar-refractivity contribution in [3.05, 3.63) is 54.4 Å². The first-order valence-corrected chi connectivity index (χ1v) is 6.57. The van der Waals surface area contributed by atoms with Crippen LogP contribution in [-0.2, 0) is 11.3 Å². The van der Waals surface area contributed by atoms with Crippen LogP contribution in [0.4, 0.5) is 21.0 Å². The smallest absolute Gasteiger partial charge is 0.411 e. The Labute approximate surface area is 127 Å². The fourth-order valence-electron chi connectivity index (χ4n) is 1.69. The molecule has 0 bridgehead atoms. The van der Waals surface area contributed by atoms with Crippen LogP contribution in [0.15, 0.2) is 48.7 Å². The van der Waals surface area contributed by atoms with Crippen molar-refractivity contribution in [1.29, 1.82) is 0 Å². The molecule has 3 N–H and O–H groups in total. The summed E-state index contributed by atoms with van der Waals surface area (Å²) in [4.78, 5) is 27.1. The number of hydrogen-bond acceptors (Lipinski definition) is 4. The van der Waals surface area contributed by atoms with Crippen LogP contribution < -0.4 is 16.0 Å². The van der Waals surface area contributed by atoms with Gasteiger partial charge >= 0.3 is 12.1 Å². The highest BCUT2D eigenvalue weighted by atomic mass is 16.5. The number of nitrogens with one attached hydrogen (secondary N) is 3. The van der Waals surface area contributed by atoms with E-state index >= 15 is 0 Å². The molecule has 0 unspecified atom stereocenters. The van der Waals surface area contributed by atoms with Crippen molar-refractivity contribution in [2.45, 2.75) is 6.54 Å². The fourth-order valence-corrected chi connectivity index (χ4v) is 1.69. The Balaban J connectivity index is 1.88. The van der Waals surface area contributed by atoms with Gasteiger partial charge in [0, 0.05) is 17.6 Å². The lowest BCUT2D eigenvalue weighted by atomic mass is 10.3. The lowest BCUT2D eigenvalue weighted by molar-refractivity contribution is 0.187. The van der Waals surface area contributed by atoms with Crippen LogP contribution in [0, 0.1) is 0 Å². The Kier molecular flexibility index (Phi) is 5.31. The highest BCUT2D eigenvalue weighted by Crippen LogP contribution is 2.15. The van der Waals surface area contributed by atoms with Gasteiger partial charge in [-0.05, 0) is 30.3 Å². The van der Waals surface area contributed by atoms with Gasteiger partial charge in [0.25, 0.3) is 0 Å². The fraction of sp³-hybridized carbons (Fsp3) is 0.133. The largest absolute Gasteiger partial charge is 0.453 e. The number of ether oxygens (including phenoxy) is 1. The zero-order valence-corrected chi connectivity index (χ0v) is 12.0. The summed E-state index contributed by atoms with van der Waals surface area (Å²) in [5.74, 6) is 0. The van der Waals surface area contributed by atoms with Crippen molar-refractivity contribution in [2.75, 3.05) is 17.7 Å². The van der Waals surface area contributed by atoms with Crippen LogP contribution >= 0.6 is 0 Å². The van der Waals surface area contributed by atoms with Crippen LogP contribution in [0.5, 0.6) is 0 Å². The van der Waals surface area contributed by atoms with Gasteiger partial charge in [0.1, 0.15) is 0 Å². The Morgan fingerprint density at radius 3 is 2.55 bits per heavy atom. The Hall–Kier alpha value is -3.09. The molecule has 0 fully saturated rings. The van der Waals surface area contributed by atoms with Gasteiger partial charge in [-0.3, -0.25) is 10.3 Å². The molecule has 0 aliphatic rings. The highest BCUT2D eigenvalue weighted by Gasteiger charge is 2.04. The third-order valence-corrected chi connectivity index (χ3v) is 2.71. The molecule has 0 atom stereocenters. The quantitative estimate of drug-likeness (QED) is 0.809. The molecule has 7 heteroatoms. The van der Waals surface area contributed by atoms with Crippen molar-refractivity contribution in [3.63, 3.8) is 0 Å². The number of benzene rings is 1. The van der Waals surface area contributed by atoms with E-state index in [0.29, 0.717) is 17.9 Å². The van der Waals surface area contributed by atoms with E-state index in [2.05, 4.69) is 25.7 Å². The summed E-state index contributed by atoms with van der Waals surface area (Å²) in [7, 11) is 1.28. The molecule has 0 saturated heterocycles. The number of carbonyl (C=O) groups excluding carboxylic acids is 2. The van der Waals surface area contributed by atoms with Crippen LogP contribution in [0.25, 0.3) is 0 Å². The first-order chi connectivity index (χ1) is 10.7. The van der Waals surface area contributed by atoms with E-state index in [0.717, 1.165) is 5.69 Å². The van der Waals surface area contributed by atoms with Crippen molar-refractivity contribution < 1.29 is 14.3 Å². The maximum Gasteiger partial charge on any atom is 0.411 e. The van der Waals surface area contributed by atoms with Crippen molar-refractivity contribution in [1.82, 2.24) is 10.3 Å². The maximum absolute atomic E-state index is 11.8. The molecule has 2 rings (SSSR count). The van der Waals surface area contributed by atoms with Crippen molar-refractivity contribution in [3.8, 4) is 0 Å². The zero-order valence-electron chi connectivity index (χ0n) is 12.0. The van der Waals surface area contributed by atoms with Crippen LogP contribution in [0.1, 0.15) is 5.69 Å². The summed E-state index contributed by atoms with van der Waals surface area (Å²) in [6.07, 6.45) is 1.09. The molecule has 0 radical (unpaired) electrons. The SMILES string of the molecule is COC(=O)Nc1cccc(NC(=O)NCc2ccccn2)c1. The number of nitrogens with zero attached hydrogens (tertiary/aromatic N) is 1. The summed E-state index contributed by atoms with van der Waals surface area (Å²) >= 11 is 0. The van der Waals surface area contributed by atoms with Gasteiger partial charge in [-0.1, -0.05) is 12.1 Å². The molecule has 1 heterocycles. The molecule has 2 aromatic rings. The molecule has 0 spiro atoms. The molecular formula is C15H16N4O3. The molecule has 0 aliphatic heterocycles. The van der Waals surface area contributed by atoms with Gasteiger partial charge in [-0.2, -0.15) is 0 Å². The third kappa shape index (κ3) is 4.78. The Bertz CT molecular complexity index is 646. The van der Waals surface area contributed by atoms with Crippen LogP contribution in [0.3, 0.4) is 0 Å². The number of amides is 3. The minimum Gasteiger partial charge on any atom is -0.453 e. The van der Waals surface area contributed by atoms with E-state index in [1.54, 1.807) is 30.5 Å². The minimum absolute atomic E-state index is 0.326. The lowest BCUT2D eigenvalue weighted by Crippen LogP contribution is -2.28. The standard InChI is InChI=1S/C15H16N4O3/c1-22-15(21)19-12-7-4-6-11(9-12)18-14(20)17-10-13-5-2-3-8-16-13/h2-9H,10H2,1H3,(H,19,21)(H2,17,18,20). The first kappa shape index (κ1) is 15.3. The number of anilines is 2. The molecule has 3 amide bonds. The first-order valence-electron chi connectivity index (χ1n) is 6.57.